The summed E-state index contributed by atoms with van der Waals surface area (Å²) >= 11 is 5.83. The van der Waals surface area contributed by atoms with Gasteiger partial charge in [0, 0.05) is 16.9 Å². The summed E-state index contributed by atoms with van der Waals surface area (Å²) in [4.78, 5) is 27.3. The summed E-state index contributed by atoms with van der Waals surface area (Å²) in [6.45, 7) is 1.82. The predicted molar refractivity (Wildman–Crippen MR) is 82.9 cm³/mol. The Bertz CT molecular complexity index is 669. The van der Waals surface area contributed by atoms with Crippen molar-refractivity contribution >= 4 is 23.5 Å². The van der Waals surface area contributed by atoms with Gasteiger partial charge in [-0.25, -0.2) is 0 Å². The zero-order chi connectivity index (χ0) is 16.1. The zero-order valence-corrected chi connectivity index (χ0v) is 12.7. The number of carboxylic acid groups (broad SMARTS) is 1. The van der Waals surface area contributed by atoms with Gasteiger partial charge < -0.3 is 10.4 Å². The van der Waals surface area contributed by atoms with Crippen molar-refractivity contribution < 1.29 is 14.7 Å². The summed E-state index contributed by atoms with van der Waals surface area (Å²) in [7, 11) is 0. The highest BCUT2D eigenvalue weighted by Gasteiger charge is 2.19. The molecule has 2 aromatic rings. The van der Waals surface area contributed by atoms with E-state index in [1.807, 2.05) is 6.92 Å². The fraction of sp³-hybridized carbons (Fsp3) is 0.188. The molecule has 0 saturated carbocycles. The van der Waals surface area contributed by atoms with Gasteiger partial charge in [0.15, 0.2) is 0 Å². The summed E-state index contributed by atoms with van der Waals surface area (Å²) in [6, 6.07) is 9.45. The Morgan fingerprint density at radius 1 is 1.23 bits per heavy atom. The van der Waals surface area contributed by atoms with E-state index in [-0.39, 0.29) is 12.3 Å². The minimum atomic E-state index is -0.998. The summed E-state index contributed by atoms with van der Waals surface area (Å²) in [5.74, 6) is -1.36. The van der Waals surface area contributed by atoms with E-state index in [0.717, 1.165) is 5.69 Å². The minimum absolute atomic E-state index is 0.216. The van der Waals surface area contributed by atoms with Gasteiger partial charge in [-0.1, -0.05) is 23.7 Å². The second kappa shape index (κ2) is 7.04. The van der Waals surface area contributed by atoms with Gasteiger partial charge in [-0.2, -0.15) is 0 Å². The largest absolute Gasteiger partial charge is 0.481 e. The van der Waals surface area contributed by atoms with Crippen LogP contribution in [0.25, 0.3) is 0 Å². The molecule has 0 spiro atoms. The summed E-state index contributed by atoms with van der Waals surface area (Å²) in [6.07, 6.45) is 1.25. The molecule has 0 aliphatic rings. The summed E-state index contributed by atoms with van der Waals surface area (Å²) in [5.41, 5.74) is 1.87. The molecule has 114 valence electrons. The number of halogens is 1. The highest BCUT2D eigenvalue weighted by atomic mass is 35.5. The standard InChI is InChI=1S/C16H15ClN2O3/c1-10-2-3-12(9-18-10)16(22)19-14(8-15(20)21)11-4-6-13(17)7-5-11/h2-7,9,14H,8H2,1H3,(H,19,22)(H,20,21). The highest BCUT2D eigenvalue weighted by Crippen LogP contribution is 2.20. The second-order valence-electron chi connectivity index (χ2n) is 4.86. The Kier molecular flexibility index (Phi) is 5.12. The lowest BCUT2D eigenvalue weighted by molar-refractivity contribution is -0.137. The second-order valence-corrected chi connectivity index (χ2v) is 5.30. The number of aryl methyl sites for hydroxylation is 1. The van der Waals surface area contributed by atoms with Crippen LogP contribution in [0, 0.1) is 6.92 Å². The molecule has 0 fully saturated rings. The summed E-state index contributed by atoms with van der Waals surface area (Å²) < 4.78 is 0. The fourth-order valence-corrected chi connectivity index (χ4v) is 2.09. The van der Waals surface area contributed by atoms with Crippen LogP contribution in [0.2, 0.25) is 5.02 Å². The third-order valence-corrected chi connectivity index (χ3v) is 3.38. The van der Waals surface area contributed by atoms with E-state index in [2.05, 4.69) is 10.3 Å². The van der Waals surface area contributed by atoms with Gasteiger partial charge in [-0.05, 0) is 36.8 Å². The molecule has 2 N–H and O–H groups in total. The summed E-state index contributed by atoms with van der Waals surface area (Å²) in [5, 5.41) is 12.3. The topological polar surface area (TPSA) is 79.3 Å². The molecule has 1 heterocycles. The third-order valence-electron chi connectivity index (χ3n) is 3.13. The molecule has 1 unspecified atom stereocenters. The molecule has 2 rings (SSSR count). The lowest BCUT2D eigenvalue weighted by atomic mass is 10.0. The number of nitrogens with one attached hydrogen (secondary N) is 1. The molecular weight excluding hydrogens is 304 g/mol. The first-order chi connectivity index (χ1) is 10.5. The highest BCUT2D eigenvalue weighted by molar-refractivity contribution is 6.30. The Hall–Kier alpha value is -2.40. The van der Waals surface area contributed by atoms with Crippen LogP contribution in [0.15, 0.2) is 42.6 Å². The smallest absolute Gasteiger partial charge is 0.305 e. The molecule has 1 aromatic heterocycles. The molecule has 1 atom stereocenters. The van der Waals surface area contributed by atoms with E-state index in [1.165, 1.54) is 6.20 Å². The SMILES string of the molecule is Cc1ccc(C(=O)NC(CC(=O)O)c2ccc(Cl)cc2)cn1. The monoisotopic (exact) mass is 318 g/mol. The van der Waals surface area contributed by atoms with Gasteiger partial charge in [0.2, 0.25) is 0 Å². The van der Waals surface area contributed by atoms with Crippen molar-refractivity contribution in [2.75, 3.05) is 0 Å². The molecule has 5 nitrogen and oxygen atoms in total. The van der Waals surface area contributed by atoms with Gasteiger partial charge in [0.25, 0.3) is 5.91 Å². The van der Waals surface area contributed by atoms with E-state index in [0.29, 0.717) is 16.1 Å². The van der Waals surface area contributed by atoms with Gasteiger partial charge in [0.1, 0.15) is 0 Å². The molecular formula is C16H15ClN2O3. The van der Waals surface area contributed by atoms with Gasteiger partial charge >= 0.3 is 5.97 Å². The Labute approximate surface area is 133 Å². The molecule has 0 aliphatic heterocycles. The first-order valence-corrected chi connectivity index (χ1v) is 7.04. The van der Waals surface area contributed by atoms with Gasteiger partial charge in [-0.3, -0.25) is 14.6 Å². The molecule has 1 aromatic carbocycles. The number of hydrogen-bond donors (Lipinski definition) is 2. The average Bonchev–Trinajstić information content (AvgIpc) is 2.47. The maximum absolute atomic E-state index is 12.2. The van der Waals surface area contributed by atoms with Crippen molar-refractivity contribution in [3.05, 3.63) is 64.4 Å². The lowest BCUT2D eigenvalue weighted by Crippen LogP contribution is -2.30. The van der Waals surface area contributed by atoms with Gasteiger partial charge in [-0.15, -0.1) is 0 Å². The van der Waals surface area contributed by atoms with E-state index in [4.69, 9.17) is 16.7 Å². The number of pyridine rings is 1. The minimum Gasteiger partial charge on any atom is -0.481 e. The number of aliphatic carboxylic acids is 1. The van der Waals surface area contributed by atoms with Gasteiger partial charge in [0.05, 0.1) is 18.0 Å². The normalized spacial score (nSPS) is 11.7. The van der Waals surface area contributed by atoms with Crippen LogP contribution in [0.4, 0.5) is 0 Å². The molecule has 0 radical (unpaired) electrons. The number of carbonyl (C=O) groups is 2. The van der Waals surface area contributed by atoms with Crippen LogP contribution in [0.1, 0.15) is 34.1 Å². The lowest BCUT2D eigenvalue weighted by Gasteiger charge is -2.17. The number of benzene rings is 1. The predicted octanol–water partition coefficient (Wildman–Crippen LogP) is 2.99. The van der Waals surface area contributed by atoms with Crippen molar-refractivity contribution in [3.63, 3.8) is 0 Å². The Morgan fingerprint density at radius 3 is 2.45 bits per heavy atom. The van der Waals surface area contributed by atoms with Crippen molar-refractivity contribution in [1.82, 2.24) is 10.3 Å². The maximum atomic E-state index is 12.2. The Balaban J connectivity index is 2.19. The molecule has 22 heavy (non-hydrogen) atoms. The number of rotatable bonds is 5. The van der Waals surface area contributed by atoms with E-state index >= 15 is 0 Å². The fourth-order valence-electron chi connectivity index (χ4n) is 1.97. The van der Waals surface area contributed by atoms with Crippen LogP contribution < -0.4 is 5.32 Å². The Morgan fingerprint density at radius 2 is 1.91 bits per heavy atom. The van der Waals surface area contributed by atoms with Crippen LogP contribution >= 0.6 is 11.6 Å². The van der Waals surface area contributed by atoms with Crippen molar-refractivity contribution in [2.45, 2.75) is 19.4 Å². The number of nitrogens with zero attached hydrogens (tertiary/aromatic N) is 1. The molecule has 0 saturated heterocycles. The first kappa shape index (κ1) is 16.0. The van der Waals surface area contributed by atoms with Crippen LogP contribution in [0.5, 0.6) is 0 Å². The van der Waals surface area contributed by atoms with Crippen LogP contribution in [-0.4, -0.2) is 22.0 Å². The number of carbonyl (C=O) groups excluding carboxylic acids is 1. The van der Waals surface area contributed by atoms with Crippen LogP contribution in [-0.2, 0) is 4.79 Å². The van der Waals surface area contributed by atoms with Crippen molar-refractivity contribution in [1.29, 1.82) is 0 Å². The molecule has 0 bridgehead atoms. The number of amides is 1. The molecule has 6 heteroatoms. The van der Waals surface area contributed by atoms with E-state index in [9.17, 15) is 9.59 Å². The number of hydrogen-bond acceptors (Lipinski definition) is 3. The first-order valence-electron chi connectivity index (χ1n) is 6.66. The van der Waals surface area contributed by atoms with E-state index in [1.54, 1.807) is 36.4 Å². The maximum Gasteiger partial charge on any atom is 0.305 e. The van der Waals surface area contributed by atoms with Crippen LogP contribution in [0.3, 0.4) is 0 Å². The number of aromatic nitrogens is 1. The van der Waals surface area contributed by atoms with Crippen molar-refractivity contribution in [2.24, 2.45) is 0 Å². The molecule has 1 amide bonds. The van der Waals surface area contributed by atoms with Crippen molar-refractivity contribution in [3.8, 4) is 0 Å². The van der Waals surface area contributed by atoms with E-state index < -0.39 is 12.0 Å². The zero-order valence-electron chi connectivity index (χ0n) is 11.9. The average molecular weight is 319 g/mol. The third kappa shape index (κ3) is 4.30. The molecule has 0 aliphatic carbocycles. The quantitative estimate of drug-likeness (QED) is 0.888. The number of carboxylic acids is 1.